The molecule has 0 heterocycles. The average Bonchev–Trinajstić information content (AvgIpc) is 2.32. The van der Waals surface area contributed by atoms with Gasteiger partial charge in [-0.05, 0) is 42.5 Å². The highest BCUT2D eigenvalue weighted by Crippen LogP contribution is 2.25. The molecule has 5 heteroatoms. The van der Waals surface area contributed by atoms with Crippen LogP contribution in [0.4, 0.5) is 5.69 Å². The molecule has 17 heavy (non-hydrogen) atoms. The Balaban J connectivity index is 3.01. The van der Waals surface area contributed by atoms with Crippen molar-refractivity contribution in [3.8, 4) is 5.75 Å². The highest BCUT2D eigenvalue weighted by atomic mass is 32.2. The molecule has 0 atom stereocenters. The number of hydrogen-bond acceptors (Lipinski definition) is 4. The zero-order valence-electron chi connectivity index (χ0n) is 10.3. The van der Waals surface area contributed by atoms with Crippen molar-refractivity contribution >= 4 is 22.6 Å². The van der Waals surface area contributed by atoms with Crippen molar-refractivity contribution in [1.82, 2.24) is 0 Å². The van der Waals surface area contributed by atoms with Gasteiger partial charge in [-0.2, -0.15) is 0 Å². The fraction of sp³-hybridized carbons (Fsp3) is 0.417. The molecule has 0 aliphatic heterocycles. The van der Waals surface area contributed by atoms with E-state index in [1.807, 2.05) is 25.1 Å². The van der Waals surface area contributed by atoms with Gasteiger partial charge in [-0.3, -0.25) is 0 Å². The van der Waals surface area contributed by atoms with E-state index in [2.05, 4.69) is 4.99 Å². The fourth-order valence-corrected chi connectivity index (χ4v) is 1.91. The van der Waals surface area contributed by atoms with Crippen LogP contribution in [0.2, 0.25) is 0 Å². The smallest absolute Gasteiger partial charge is 0.159 e. The number of hydrogen-bond donors (Lipinski definition) is 2. The molecule has 4 N–H and O–H groups in total. The van der Waals surface area contributed by atoms with Crippen LogP contribution in [-0.4, -0.2) is 24.6 Å². The van der Waals surface area contributed by atoms with Crippen LogP contribution in [0.15, 0.2) is 23.2 Å². The molecule has 0 amide bonds. The molecule has 4 nitrogen and oxygen atoms in total. The summed E-state index contributed by atoms with van der Waals surface area (Å²) in [4.78, 5) is 4.39. The third kappa shape index (κ3) is 4.28. The van der Waals surface area contributed by atoms with Gasteiger partial charge >= 0.3 is 0 Å². The third-order valence-electron chi connectivity index (χ3n) is 2.22. The van der Waals surface area contributed by atoms with Crippen molar-refractivity contribution in [2.75, 3.05) is 19.4 Å². The van der Waals surface area contributed by atoms with Crippen molar-refractivity contribution in [2.45, 2.75) is 13.3 Å². The SMILES string of the molecule is CCSC(N)=Nc1ccc(OC)cc1CCN. The number of benzene rings is 1. The van der Waals surface area contributed by atoms with Gasteiger partial charge in [-0.1, -0.05) is 18.7 Å². The number of thioether (sulfide) groups is 1. The normalized spacial score (nSPS) is 11.6. The van der Waals surface area contributed by atoms with E-state index in [1.54, 1.807) is 7.11 Å². The largest absolute Gasteiger partial charge is 0.497 e. The molecule has 0 spiro atoms. The van der Waals surface area contributed by atoms with Gasteiger partial charge in [0.2, 0.25) is 0 Å². The minimum atomic E-state index is 0.580. The van der Waals surface area contributed by atoms with Crippen LogP contribution in [0.3, 0.4) is 0 Å². The Morgan fingerprint density at radius 1 is 1.47 bits per heavy atom. The predicted molar refractivity (Wildman–Crippen MR) is 75.2 cm³/mol. The van der Waals surface area contributed by atoms with Gasteiger partial charge in [0, 0.05) is 0 Å². The van der Waals surface area contributed by atoms with Crippen molar-refractivity contribution in [3.05, 3.63) is 23.8 Å². The first-order valence-electron chi connectivity index (χ1n) is 5.55. The Bertz CT molecular complexity index is 393. The third-order valence-corrected chi connectivity index (χ3v) is 2.90. The molecular formula is C12H19N3OS. The van der Waals surface area contributed by atoms with E-state index in [-0.39, 0.29) is 0 Å². The summed E-state index contributed by atoms with van der Waals surface area (Å²) in [6.45, 7) is 2.62. The molecule has 1 rings (SSSR count). The summed E-state index contributed by atoms with van der Waals surface area (Å²) in [5, 5.41) is 0.580. The Morgan fingerprint density at radius 3 is 2.82 bits per heavy atom. The lowest BCUT2D eigenvalue weighted by atomic mass is 10.1. The molecule has 0 radical (unpaired) electrons. The zero-order chi connectivity index (χ0) is 12.7. The lowest BCUT2D eigenvalue weighted by Crippen LogP contribution is -2.07. The van der Waals surface area contributed by atoms with Gasteiger partial charge < -0.3 is 16.2 Å². The first-order valence-corrected chi connectivity index (χ1v) is 6.53. The highest BCUT2D eigenvalue weighted by molar-refractivity contribution is 8.13. The second-order valence-electron chi connectivity index (χ2n) is 3.42. The molecule has 0 saturated heterocycles. The summed E-state index contributed by atoms with van der Waals surface area (Å²) in [7, 11) is 1.64. The lowest BCUT2D eigenvalue weighted by molar-refractivity contribution is 0.414. The molecule has 0 bridgehead atoms. The number of rotatable bonds is 5. The molecule has 0 unspecified atom stereocenters. The Morgan fingerprint density at radius 2 is 2.24 bits per heavy atom. The summed E-state index contributed by atoms with van der Waals surface area (Å²) >= 11 is 1.53. The number of amidine groups is 1. The molecule has 1 aromatic rings. The Hall–Kier alpha value is -1.20. The number of nitrogens with two attached hydrogens (primary N) is 2. The van der Waals surface area contributed by atoms with E-state index in [0.717, 1.165) is 29.2 Å². The van der Waals surface area contributed by atoms with Gasteiger partial charge in [0.1, 0.15) is 5.75 Å². The number of aliphatic imine (C=N–C) groups is 1. The average molecular weight is 253 g/mol. The van der Waals surface area contributed by atoms with E-state index in [4.69, 9.17) is 16.2 Å². The second-order valence-corrected chi connectivity index (χ2v) is 4.70. The maximum absolute atomic E-state index is 5.80. The number of ether oxygens (including phenoxy) is 1. The Labute approximate surface area is 106 Å². The second kappa shape index (κ2) is 7.19. The zero-order valence-corrected chi connectivity index (χ0v) is 11.1. The summed E-state index contributed by atoms with van der Waals surface area (Å²) in [6.07, 6.45) is 0.764. The van der Waals surface area contributed by atoms with E-state index < -0.39 is 0 Å². The molecule has 0 aliphatic rings. The van der Waals surface area contributed by atoms with E-state index in [1.165, 1.54) is 11.8 Å². The van der Waals surface area contributed by atoms with Crippen molar-refractivity contribution < 1.29 is 4.74 Å². The molecule has 0 saturated carbocycles. The van der Waals surface area contributed by atoms with Crippen molar-refractivity contribution in [1.29, 1.82) is 0 Å². The minimum absolute atomic E-state index is 0.580. The number of methoxy groups -OCH3 is 1. The van der Waals surface area contributed by atoms with Gasteiger partial charge in [0.05, 0.1) is 12.8 Å². The van der Waals surface area contributed by atoms with E-state index in [9.17, 15) is 0 Å². The van der Waals surface area contributed by atoms with Crippen LogP contribution in [0.1, 0.15) is 12.5 Å². The first-order chi connectivity index (χ1) is 8.21. The quantitative estimate of drug-likeness (QED) is 0.621. The van der Waals surface area contributed by atoms with Crippen LogP contribution in [0, 0.1) is 0 Å². The molecule has 0 aromatic heterocycles. The molecule has 0 aliphatic carbocycles. The van der Waals surface area contributed by atoms with Crippen LogP contribution >= 0.6 is 11.8 Å². The molecule has 0 fully saturated rings. The van der Waals surface area contributed by atoms with Crippen molar-refractivity contribution in [3.63, 3.8) is 0 Å². The number of nitrogens with zero attached hydrogens (tertiary/aromatic N) is 1. The van der Waals surface area contributed by atoms with Gasteiger partial charge in [-0.25, -0.2) is 4.99 Å². The maximum Gasteiger partial charge on any atom is 0.159 e. The lowest BCUT2D eigenvalue weighted by Gasteiger charge is -2.08. The predicted octanol–water partition coefficient (Wildman–Crippen LogP) is 1.90. The standard InChI is InChI=1S/C12H19N3OS/c1-3-17-12(14)15-11-5-4-10(16-2)8-9(11)6-7-13/h4-5,8H,3,6-7,13H2,1-2H3,(H2,14,15). The summed E-state index contributed by atoms with van der Waals surface area (Å²) in [5.74, 6) is 1.73. The van der Waals surface area contributed by atoms with Crippen LogP contribution in [-0.2, 0) is 6.42 Å². The van der Waals surface area contributed by atoms with Gasteiger partial charge in [-0.15, -0.1) is 0 Å². The summed E-state index contributed by atoms with van der Waals surface area (Å²) in [5.41, 5.74) is 13.3. The van der Waals surface area contributed by atoms with E-state index >= 15 is 0 Å². The topological polar surface area (TPSA) is 73.6 Å². The Kier molecular flexibility index (Phi) is 5.86. The van der Waals surface area contributed by atoms with Crippen molar-refractivity contribution in [2.24, 2.45) is 16.5 Å². The van der Waals surface area contributed by atoms with Gasteiger partial charge in [0.15, 0.2) is 5.17 Å². The van der Waals surface area contributed by atoms with Crippen LogP contribution < -0.4 is 16.2 Å². The molecule has 94 valence electrons. The fourth-order valence-electron chi connectivity index (χ4n) is 1.45. The highest BCUT2D eigenvalue weighted by Gasteiger charge is 2.04. The maximum atomic E-state index is 5.80. The van der Waals surface area contributed by atoms with Crippen LogP contribution in [0.5, 0.6) is 5.75 Å². The summed E-state index contributed by atoms with van der Waals surface area (Å²) < 4.78 is 5.18. The van der Waals surface area contributed by atoms with Gasteiger partial charge in [0.25, 0.3) is 0 Å². The van der Waals surface area contributed by atoms with Crippen LogP contribution in [0.25, 0.3) is 0 Å². The van der Waals surface area contributed by atoms with E-state index in [0.29, 0.717) is 11.7 Å². The molecule has 1 aromatic carbocycles. The minimum Gasteiger partial charge on any atom is -0.497 e. The molecular weight excluding hydrogens is 234 g/mol. The monoisotopic (exact) mass is 253 g/mol. The first kappa shape index (κ1) is 13.9. The summed E-state index contributed by atoms with van der Waals surface area (Å²) in [6, 6.07) is 5.74.